The zero-order valence-electron chi connectivity index (χ0n) is 13.8. The highest BCUT2D eigenvalue weighted by molar-refractivity contribution is 7.99. The van der Waals surface area contributed by atoms with Crippen molar-refractivity contribution >= 4 is 34.7 Å². The smallest absolute Gasteiger partial charge is 0.234 e. The summed E-state index contributed by atoms with van der Waals surface area (Å²) in [5.41, 5.74) is 1.08. The van der Waals surface area contributed by atoms with E-state index in [4.69, 9.17) is 0 Å². The second-order valence-corrected chi connectivity index (χ2v) is 7.24. The molecule has 1 aromatic carbocycles. The lowest BCUT2D eigenvalue weighted by Crippen LogP contribution is -2.15. The Hall–Kier alpha value is -2.19. The summed E-state index contributed by atoms with van der Waals surface area (Å²) in [7, 11) is 0. The van der Waals surface area contributed by atoms with Crippen molar-refractivity contribution in [2.75, 3.05) is 11.1 Å². The summed E-state index contributed by atoms with van der Waals surface area (Å²) in [6.07, 6.45) is 0. The van der Waals surface area contributed by atoms with Crippen molar-refractivity contribution in [3.8, 4) is 10.7 Å². The number of hydrogen-bond donors (Lipinski definition) is 1. The minimum absolute atomic E-state index is 0.135. The molecule has 130 valence electrons. The first-order valence-corrected chi connectivity index (χ1v) is 9.61. The lowest BCUT2D eigenvalue weighted by Gasteiger charge is -2.08. The van der Waals surface area contributed by atoms with E-state index in [1.54, 1.807) is 23.5 Å². The third-order valence-corrected chi connectivity index (χ3v) is 5.34. The number of thiophene rings is 1. The molecule has 0 atom stereocenters. The summed E-state index contributed by atoms with van der Waals surface area (Å²) in [5, 5.41) is 13.7. The fraction of sp³-hybridized carbons (Fsp3) is 0.235. The van der Waals surface area contributed by atoms with E-state index in [9.17, 15) is 9.18 Å². The van der Waals surface area contributed by atoms with Crippen molar-refractivity contribution in [1.29, 1.82) is 0 Å². The molecule has 1 amide bonds. The predicted molar refractivity (Wildman–Crippen MR) is 99.5 cm³/mol. The molecule has 25 heavy (non-hydrogen) atoms. The van der Waals surface area contributed by atoms with E-state index < -0.39 is 5.82 Å². The van der Waals surface area contributed by atoms with Gasteiger partial charge in [-0.2, -0.15) is 0 Å². The van der Waals surface area contributed by atoms with Gasteiger partial charge in [0.15, 0.2) is 11.0 Å². The third kappa shape index (κ3) is 4.08. The number of thioether (sulfide) groups is 1. The Morgan fingerprint density at radius 2 is 2.20 bits per heavy atom. The molecule has 0 aliphatic rings. The first-order chi connectivity index (χ1) is 12.1. The summed E-state index contributed by atoms with van der Waals surface area (Å²) < 4.78 is 15.7. The third-order valence-electron chi connectivity index (χ3n) is 3.50. The maximum atomic E-state index is 13.7. The van der Waals surface area contributed by atoms with E-state index in [-0.39, 0.29) is 17.3 Å². The lowest BCUT2D eigenvalue weighted by molar-refractivity contribution is -0.113. The molecule has 0 aliphatic carbocycles. The van der Waals surface area contributed by atoms with Crippen LogP contribution in [0.4, 0.5) is 10.1 Å². The van der Waals surface area contributed by atoms with Crippen LogP contribution in [-0.2, 0) is 11.3 Å². The normalized spacial score (nSPS) is 10.8. The van der Waals surface area contributed by atoms with Gasteiger partial charge in [-0.3, -0.25) is 4.79 Å². The highest BCUT2D eigenvalue weighted by Gasteiger charge is 2.15. The molecule has 0 aliphatic heterocycles. The summed E-state index contributed by atoms with van der Waals surface area (Å²) in [6, 6.07) is 8.57. The molecule has 1 N–H and O–H groups in total. The van der Waals surface area contributed by atoms with Crippen LogP contribution in [0.3, 0.4) is 0 Å². The number of amides is 1. The standard InChI is InChI=1S/C17H17FN4OS2/c1-3-22-16(14-5-4-8-24-14)20-21-17(22)25-10-15(23)19-13-9-11(2)6-7-12(13)18/h4-9H,3,10H2,1-2H3,(H,19,23). The van der Waals surface area contributed by atoms with Crippen LogP contribution in [0.15, 0.2) is 40.9 Å². The van der Waals surface area contributed by atoms with Gasteiger partial charge in [-0.05, 0) is 43.0 Å². The highest BCUT2D eigenvalue weighted by Crippen LogP contribution is 2.27. The summed E-state index contributed by atoms with van der Waals surface area (Å²) in [5.74, 6) is 0.208. The van der Waals surface area contributed by atoms with Gasteiger partial charge in [-0.1, -0.05) is 23.9 Å². The Kier molecular flexibility index (Phi) is 5.50. The number of anilines is 1. The number of carbonyl (C=O) groups is 1. The van der Waals surface area contributed by atoms with Gasteiger partial charge in [0.1, 0.15) is 5.82 Å². The van der Waals surface area contributed by atoms with Crippen LogP contribution in [0, 0.1) is 12.7 Å². The quantitative estimate of drug-likeness (QED) is 0.655. The molecule has 0 fully saturated rings. The van der Waals surface area contributed by atoms with Gasteiger partial charge >= 0.3 is 0 Å². The summed E-state index contributed by atoms with van der Waals surface area (Å²) in [6.45, 7) is 4.56. The molecule has 2 aromatic heterocycles. The highest BCUT2D eigenvalue weighted by atomic mass is 32.2. The van der Waals surface area contributed by atoms with E-state index in [0.717, 1.165) is 16.3 Å². The summed E-state index contributed by atoms with van der Waals surface area (Å²) in [4.78, 5) is 13.2. The SMILES string of the molecule is CCn1c(SCC(=O)Nc2cc(C)ccc2F)nnc1-c1cccs1. The monoisotopic (exact) mass is 376 g/mol. The average Bonchev–Trinajstić information content (AvgIpc) is 3.24. The van der Waals surface area contributed by atoms with E-state index >= 15 is 0 Å². The molecule has 0 saturated carbocycles. The van der Waals surface area contributed by atoms with Gasteiger partial charge in [-0.15, -0.1) is 21.5 Å². The number of nitrogens with one attached hydrogen (secondary N) is 1. The minimum Gasteiger partial charge on any atom is -0.323 e. The van der Waals surface area contributed by atoms with Gasteiger partial charge in [0, 0.05) is 6.54 Å². The Morgan fingerprint density at radius 3 is 2.92 bits per heavy atom. The molecule has 0 radical (unpaired) electrons. The molecule has 2 heterocycles. The van der Waals surface area contributed by atoms with Crippen molar-refractivity contribution in [3.05, 3.63) is 47.1 Å². The number of aryl methyl sites for hydroxylation is 1. The van der Waals surface area contributed by atoms with Crippen molar-refractivity contribution in [3.63, 3.8) is 0 Å². The van der Waals surface area contributed by atoms with Gasteiger partial charge in [0.05, 0.1) is 16.3 Å². The first kappa shape index (κ1) is 17.6. The Bertz CT molecular complexity index is 877. The van der Waals surface area contributed by atoms with Crippen LogP contribution in [0.1, 0.15) is 12.5 Å². The largest absolute Gasteiger partial charge is 0.323 e. The molecule has 0 spiro atoms. The molecule has 0 unspecified atom stereocenters. The van der Waals surface area contributed by atoms with Crippen LogP contribution in [-0.4, -0.2) is 26.4 Å². The molecule has 8 heteroatoms. The van der Waals surface area contributed by atoms with E-state index in [1.165, 1.54) is 17.8 Å². The fourth-order valence-corrected chi connectivity index (χ4v) is 3.84. The van der Waals surface area contributed by atoms with Gasteiger partial charge < -0.3 is 9.88 Å². The predicted octanol–water partition coefficient (Wildman–Crippen LogP) is 4.20. The van der Waals surface area contributed by atoms with Crippen LogP contribution in [0.25, 0.3) is 10.7 Å². The number of hydrogen-bond acceptors (Lipinski definition) is 5. The Balaban J connectivity index is 1.67. The van der Waals surface area contributed by atoms with Crippen molar-refractivity contribution in [1.82, 2.24) is 14.8 Å². The van der Waals surface area contributed by atoms with E-state index in [1.807, 2.05) is 35.9 Å². The lowest BCUT2D eigenvalue weighted by atomic mass is 10.2. The number of aromatic nitrogens is 3. The number of rotatable bonds is 6. The van der Waals surface area contributed by atoms with Gasteiger partial charge in [0.2, 0.25) is 5.91 Å². The molecule has 3 rings (SSSR count). The molecule has 0 bridgehead atoms. The van der Waals surface area contributed by atoms with Gasteiger partial charge in [-0.25, -0.2) is 4.39 Å². The second-order valence-electron chi connectivity index (χ2n) is 5.35. The van der Waals surface area contributed by atoms with Crippen LogP contribution < -0.4 is 5.32 Å². The molecule has 3 aromatic rings. The zero-order chi connectivity index (χ0) is 17.8. The maximum Gasteiger partial charge on any atom is 0.234 e. The Morgan fingerprint density at radius 1 is 1.36 bits per heavy atom. The number of halogens is 1. The van der Waals surface area contributed by atoms with Crippen molar-refractivity contribution in [2.24, 2.45) is 0 Å². The van der Waals surface area contributed by atoms with Crippen LogP contribution in [0.5, 0.6) is 0 Å². The van der Waals surface area contributed by atoms with E-state index in [2.05, 4.69) is 15.5 Å². The zero-order valence-corrected chi connectivity index (χ0v) is 15.5. The van der Waals surface area contributed by atoms with Gasteiger partial charge in [0.25, 0.3) is 0 Å². The molecule has 5 nitrogen and oxygen atoms in total. The molecular weight excluding hydrogens is 359 g/mol. The number of benzene rings is 1. The maximum absolute atomic E-state index is 13.7. The topological polar surface area (TPSA) is 59.8 Å². The van der Waals surface area contributed by atoms with Crippen LogP contribution >= 0.6 is 23.1 Å². The second kappa shape index (κ2) is 7.79. The van der Waals surface area contributed by atoms with Crippen molar-refractivity contribution in [2.45, 2.75) is 25.5 Å². The summed E-state index contributed by atoms with van der Waals surface area (Å²) >= 11 is 2.88. The molecule has 0 saturated heterocycles. The first-order valence-electron chi connectivity index (χ1n) is 7.74. The van der Waals surface area contributed by atoms with E-state index in [0.29, 0.717) is 11.7 Å². The number of carbonyl (C=O) groups excluding carboxylic acids is 1. The molecular formula is C17H17FN4OS2. The van der Waals surface area contributed by atoms with Crippen LogP contribution in [0.2, 0.25) is 0 Å². The van der Waals surface area contributed by atoms with Crippen molar-refractivity contribution < 1.29 is 9.18 Å². The average molecular weight is 376 g/mol. The Labute approximate surface area is 153 Å². The fourth-order valence-electron chi connectivity index (χ4n) is 2.32. The number of nitrogens with zero attached hydrogens (tertiary/aromatic N) is 3. The minimum atomic E-state index is -0.444.